The number of hydrogen-bond acceptors (Lipinski definition) is 2. The summed E-state index contributed by atoms with van der Waals surface area (Å²) in [4.78, 5) is 20.2. The maximum absolute atomic E-state index is 13.1. The summed E-state index contributed by atoms with van der Waals surface area (Å²) in [6.07, 6.45) is 22.7. The molecule has 1 amide bonds. The van der Waals surface area contributed by atoms with Gasteiger partial charge in [0.05, 0.1) is 17.1 Å². The molecule has 4 nitrogen and oxygen atoms in total. The fourth-order valence-electron chi connectivity index (χ4n) is 6.65. The Morgan fingerprint density at radius 1 is 0.732 bits per heavy atom. The Morgan fingerprint density at radius 3 is 1.88 bits per heavy atom. The number of likely N-dealkylation sites (tertiary alicyclic amines) is 1. The van der Waals surface area contributed by atoms with Gasteiger partial charge in [-0.15, -0.1) is 0 Å². The average Bonchev–Trinajstić information content (AvgIpc) is 3.57. The summed E-state index contributed by atoms with van der Waals surface area (Å²) in [6.45, 7) is 6.18. The molecule has 3 aromatic rings. The lowest BCUT2D eigenvalue weighted by molar-refractivity contribution is -0.129. The standard InChI is InChI=1S/C37H55N3O/c1-3-4-5-6-7-8-9-10-11-12-13-14-15-16-17-23-28-39-35-27-22-21-26-34(35)38-37(39)33-29-36(41)40(30-33)31(2)32-24-19-18-20-25-32/h18-22,24-27,31,33H,3-17,23,28-30H2,1-2H3. The largest absolute Gasteiger partial charge is 0.335 e. The highest BCUT2D eigenvalue weighted by Crippen LogP contribution is 2.35. The Bertz CT molecular complexity index is 1150. The van der Waals surface area contributed by atoms with Gasteiger partial charge in [0.15, 0.2) is 0 Å². The lowest BCUT2D eigenvalue weighted by atomic mass is 10.0. The summed E-state index contributed by atoms with van der Waals surface area (Å²) in [5.41, 5.74) is 3.47. The molecule has 0 radical (unpaired) electrons. The van der Waals surface area contributed by atoms with Crippen LogP contribution in [0, 0.1) is 0 Å². The molecule has 1 fully saturated rings. The second-order valence-corrected chi connectivity index (χ2v) is 12.4. The summed E-state index contributed by atoms with van der Waals surface area (Å²) in [5, 5.41) is 0. The first-order valence-electron chi connectivity index (χ1n) is 17.0. The number of benzene rings is 2. The van der Waals surface area contributed by atoms with Crippen LogP contribution in [0.1, 0.15) is 146 Å². The average molecular weight is 558 g/mol. The Labute approximate surface area is 249 Å². The zero-order valence-corrected chi connectivity index (χ0v) is 26.0. The van der Waals surface area contributed by atoms with Crippen molar-refractivity contribution in [2.24, 2.45) is 0 Å². The van der Waals surface area contributed by atoms with E-state index >= 15 is 0 Å². The van der Waals surface area contributed by atoms with Crippen molar-refractivity contribution in [1.29, 1.82) is 0 Å². The Hall–Kier alpha value is -2.62. The van der Waals surface area contributed by atoms with Crippen molar-refractivity contribution in [2.45, 2.75) is 142 Å². The number of aryl methyl sites for hydroxylation is 1. The number of para-hydroxylation sites is 2. The number of carbonyl (C=O) groups excluding carboxylic acids is 1. The summed E-state index contributed by atoms with van der Waals surface area (Å²) in [5.74, 6) is 1.50. The third kappa shape index (κ3) is 9.45. The minimum atomic E-state index is 0.0897. The van der Waals surface area contributed by atoms with Crippen molar-refractivity contribution in [1.82, 2.24) is 14.5 Å². The predicted molar refractivity (Wildman–Crippen MR) is 173 cm³/mol. The first-order chi connectivity index (χ1) is 20.2. The van der Waals surface area contributed by atoms with Gasteiger partial charge in [0.1, 0.15) is 5.82 Å². The number of unbranched alkanes of at least 4 members (excludes halogenated alkanes) is 15. The van der Waals surface area contributed by atoms with Crippen LogP contribution in [0.3, 0.4) is 0 Å². The maximum atomic E-state index is 13.1. The van der Waals surface area contributed by atoms with E-state index in [1.807, 2.05) is 6.07 Å². The highest BCUT2D eigenvalue weighted by atomic mass is 16.2. The molecule has 2 atom stereocenters. The molecule has 1 aliphatic heterocycles. The van der Waals surface area contributed by atoms with E-state index in [4.69, 9.17) is 4.98 Å². The van der Waals surface area contributed by atoms with E-state index in [0.29, 0.717) is 6.42 Å². The van der Waals surface area contributed by atoms with Crippen LogP contribution in [0.25, 0.3) is 11.0 Å². The van der Waals surface area contributed by atoms with Crippen molar-refractivity contribution in [3.8, 4) is 0 Å². The number of imidazole rings is 1. The Morgan fingerprint density at radius 2 is 1.27 bits per heavy atom. The van der Waals surface area contributed by atoms with E-state index in [0.717, 1.165) is 24.4 Å². The van der Waals surface area contributed by atoms with Crippen LogP contribution in [0.15, 0.2) is 54.6 Å². The maximum Gasteiger partial charge on any atom is 0.223 e. The van der Waals surface area contributed by atoms with Crippen LogP contribution < -0.4 is 0 Å². The molecule has 0 bridgehead atoms. The normalized spacial score (nSPS) is 16.2. The number of hydrogen-bond donors (Lipinski definition) is 0. The number of amides is 1. The molecular formula is C37H55N3O. The molecule has 2 unspecified atom stereocenters. The van der Waals surface area contributed by atoms with Crippen molar-refractivity contribution in [2.75, 3.05) is 6.54 Å². The van der Waals surface area contributed by atoms with Crippen molar-refractivity contribution in [3.05, 3.63) is 66.0 Å². The molecule has 0 aliphatic carbocycles. The number of rotatable bonds is 20. The van der Waals surface area contributed by atoms with E-state index in [-0.39, 0.29) is 17.9 Å². The van der Waals surface area contributed by atoms with E-state index in [2.05, 4.69) is 71.8 Å². The second-order valence-electron chi connectivity index (χ2n) is 12.4. The monoisotopic (exact) mass is 557 g/mol. The fourth-order valence-corrected chi connectivity index (χ4v) is 6.65. The van der Waals surface area contributed by atoms with Gasteiger partial charge in [-0.25, -0.2) is 4.98 Å². The smallest absolute Gasteiger partial charge is 0.223 e. The second kappa shape index (κ2) is 17.4. The first kappa shape index (κ1) is 31.3. The van der Waals surface area contributed by atoms with Gasteiger partial charge in [-0.1, -0.05) is 146 Å². The summed E-state index contributed by atoms with van der Waals surface area (Å²) < 4.78 is 2.42. The summed E-state index contributed by atoms with van der Waals surface area (Å²) in [6, 6.07) is 19.0. The number of fused-ring (bicyclic) bond motifs is 1. The van der Waals surface area contributed by atoms with E-state index in [9.17, 15) is 4.79 Å². The van der Waals surface area contributed by atoms with Gasteiger partial charge in [-0.2, -0.15) is 0 Å². The lowest BCUT2D eigenvalue weighted by Crippen LogP contribution is -2.28. The summed E-state index contributed by atoms with van der Waals surface area (Å²) >= 11 is 0. The molecule has 1 saturated heterocycles. The molecule has 4 rings (SSSR count). The number of nitrogens with zero attached hydrogens (tertiary/aromatic N) is 3. The van der Waals surface area contributed by atoms with E-state index in [1.165, 1.54) is 114 Å². The minimum Gasteiger partial charge on any atom is -0.335 e. The third-order valence-electron chi connectivity index (χ3n) is 9.19. The van der Waals surface area contributed by atoms with Crippen LogP contribution >= 0.6 is 0 Å². The molecule has 4 heteroatoms. The van der Waals surface area contributed by atoms with Crippen LogP contribution in [-0.4, -0.2) is 26.9 Å². The molecule has 1 aromatic heterocycles. The van der Waals surface area contributed by atoms with Crippen molar-refractivity contribution < 1.29 is 4.79 Å². The quantitative estimate of drug-likeness (QED) is 0.130. The number of aromatic nitrogens is 2. The van der Waals surface area contributed by atoms with E-state index < -0.39 is 0 Å². The van der Waals surface area contributed by atoms with Gasteiger partial charge in [0, 0.05) is 25.4 Å². The van der Waals surface area contributed by atoms with Crippen LogP contribution in [0.2, 0.25) is 0 Å². The van der Waals surface area contributed by atoms with Gasteiger partial charge in [0.25, 0.3) is 0 Å². The van der Waals surface area contributed by atoms with Gasteiger partial charge >= 0.3 is 0 Å². The van der Waals surface area contributed by atoms with Gasteiger partial charge < -0.3 is 9.47 Å². The molecule has 41 heavy (non-hydrogen) atoms. The molecule has 224 valence electrons. The SMILES string of the molecule is CCCCCCCCCCCCCCCCCCn1c(C2CC(=O)N(C(C)c3ccccc3)C2)nc2ccccc21. The van der Waals surface area contributed by atoms with Gasteiger partial charge in [-0.3, -0.25) is 4.79 Å². The van der Waals surface area contributed by atoms with Crippen LogP contribution in [-0.2, 0) is 11.3 Å². The molecule has 2 heterocycles. The van der Waals surface area contributed by atoms with Crippen LogP contribution in [0.4, 0.5) is 0 Å². The highest BCUT2D eigenvalue weighted by molar-refractivity contribution is 5.81. The predicted octanol–water partition coefficient (Wildman–Crippen LogP) is 10.4. The van der Waals surface area contributed by atoms with Gasteiger partial charge in [0.2, 0.25) is 5.91 Å². The first-order valence-corrected chi connectivity index (χ1v) is 17.0. The van der Waals surface area contributed by atoms with Crippen LogP contribution in [0.5, 0.6) is 0 Å². The zero-order chi connectivity index (χ0) is 28.7. The molecule has 0 saturated carbocycles. The number of carbonyl (C=O) groups is 1. The molecule has 0 N–H and O–H groups in total. The fraction of sp³-hybridized carbons (Fsp3) is 0.622. The minimum absolute atomic E-state index is 0.0897. The third-order valence-corrected chi connectivity index (χ3v) is 9.19. The topological polar surface area (TPSA) is 38.1 Å². The molecule has 1 aliphatic rings. The van der Waals surface area contributed by atoms with Gasteiger partial charge in [-0.05, 0) is 31.0 Å². The molecular weight excluding hydrogens is 502 g/mol. The van der Waals surface area contributed by atoms with Crippen molar-refractivity contribution >= 4 is 16.9 Å². The Balaban J connectivity index is 1.17. The lowest BCUT2D eigenvalue weighted by Gasteiger charge is -2.25. The Kier molecular flexibility index (Phi) is 13.3. The summed E-state index contributed by atoms with van der Waals surface area (Å²) in [7, 11) is 0. The zero-order valence-electron chi connectivity index (χ0n) is 26.0. The highest BCUT2D eigenvalue weighted by Gasteiger charge is 2.36. The van der Waals surface area contributed by atoms with Crippen molar-refractivity contribution in [3.63, 3.8) is 0 Å². The van der Waals surface area contributed by atoms with E-state index in [1.54, 1.807) is 0 Å². The molecule has 2 aromatic carbocycles. The molecule has 0 spiro atoms.